The molecule has 2 aromatic rings. The molecule has 1 aromatic carbocycles. The molecule has 0 atom stereocenters. The van der Waals surface area contributed by atoms with Crippen molar-refractivity contribution in [3.05, 3.63) is 57.6 Å². The van der Waals surface area contributed by atoms with Crippen molar-refractivity contribution in [1.29, 1.82) is 0 Å². The van der Waals surface area contributed by atoms with E-state index in [1.807, 2.05) is 22.8 Å². The van der Waals surface area contributed by atoms with Gasteiger partial charge in [-0.05, 0) is 24.8 Å². The van der Waals surface area contributed by atoms with Gasteiger partial charge in [-0.25, -0.2) is 4.79 Å². The zero-order valence-electron chi connectivity index (χ0n) is 12.5. The molecular formula is C17H20N2OS. The van der Waals surface area contributed by atoms with E-state index in [2.05, 4.69) is 31.0 Å². The van der Waals surface area contributed by atoms with Crippen molar-refractivity contribution in [3.63, 3.8) is 0 Å². The summed E-state index contributed by atoms with van der Waals surface area (Å²) in [5.74, 6) is 0. The Labute approximate surface area is 129 Å². The Morgan fingerprint density at radius 3 is 2.71 bits per heavy atom. The maximum Gasteiger partial charge on any atom is 0.349 e. The largest absolute Gasteiger partial charge is 0.349 e. The third-order valence-electron chi connectivity index (χ3n) is 3.73. The van der Waals surface area contributed by atoms with Gasteiger partial charge in [0.2, 0.25) is 0 Å². The van der Waals surface area contributed by atoms with E-state index in [0.29, 0.717) is 11.8 Å². The average molecular weight is 300 g/mol. The van der Waals surface area contributed by atoms with E-state index in [1.165, 1.54) is 11.3 Å². The molecule has 1 aliphatic carbocycles. The van der Waals surface area contributed by atoms with E-state index in [4.69, 9.17) is 0 Å². The highest BCUT2D eigenvalue weighted by molar-refractivity contribution is 7.99. The first-order valence-electron chi connectivity index (χ1n) is 7.48. The predicted octanol–water partition coefficient (Wildman–Crippen LogP) is 3.28. The second kappa shape index (κ2) is 6.06. The van der Waals surface area contributed by atoms with Gasteiger partial charge in [0.1, 0.15) is 5.03 Å². The van der Waals surface area contributed by atoms with Crippen molar-refractivity contribution >= 4 is 11.8 Å². The normalized spacial score (nSPS) is 13.7. The molecule has 110 valence electrons. The molecule has 0 aliphatic heterocycles. The molecule has 1 heterocycles. The quantitative estimate of drug-likeness (QED) is 0.642. The number of hydrogen-bond acceptors (Lipinski definition) is 3. The van der Waals surface area contributed by atoms with Gasteiger partial charge in [-0.1, -0.05) is 44.2 Å². The van der Waals surface area contributed by atoms with Crippen LogP contribution in [-0.2, 0) is 19.4 Å². The maximum atomic E-state index is 12.4. The van der Waals surface area contributed by atoms with E-state index in [9.17, 15) is 4.79 Å². The van der Waals surface area contributed by atoms with Crippen LogP contribution in [0.15, 0.2) is 40.2 Å². The fourth-order valence-corrected chi connectivity index (χ4v) is 3.78. The molecule has 0 spiro atoms. The predicted molar refractivity (Wildman–Crippen MR) is 87.1 cm³/mol. The molecule has 1 aliphatic rings. The van der Waals surface area contributed by atoms with E-state index in [0.717, 1.165) is 29.9 Å². The lowest BCUT2D eigenvalue weighted by Gasteiger charge is -2.15. The Morgan fingerprint density at radius 1 is 1.24 bits per heavy atom. The van der Waals surface area contributed by atoms with Crippen LogP contribution in [0.2, 0.25) is 0 Å². The standard InChI is InChI=1S/C17H20N2OS/c1-12(2)21-16-14-9-6-10-15(14)19(17(20)18-16)11-13-7-4-3-5-8-13/h3-5,7-8,12H,6,9-11H2,1-2H3. The zero-order chi connectivity index (χ0) is 14.8. The van der Waals surface area contributed by atoms with Gasteiger partial charge < -0.3 is 0 Å². The van der Waals surface area contributed by atoms with Crippen molar-refractivity contribution in [2.45, 2.75) is 49.9 Å². The molecule has 4 heteroatoms. The molecule has 3 rings (SSSR count). The summed E-state index contributed by atoms with van der Waals surface area (Å²) in [4.78, 5) is 16.8. The molecule has 0 saturated carbocycles. The summed E-state index contributed by atoms with van der Waals surface area (Å²) >= 11 is 1.71. The van der Waals surface area contributed by atoms with Crippen molar-refractivity contribution in [2.75, 3.05) is 0 Å². The van der Waals surface area contributed by atoms with Gasteiger partial charge in [0.15, 0.2) is 0 Å². The fourth-order valence-electron chi connectivity index (χ4n) is 2.84. The number of thioether (sulfide) groups is 1. The highest BCUT2D eigenvalue weighted by atomic mass is 32.2. The molecule has 1 aromatic heterocycles. The lowest BCUT2D eigenvalue weighted by molar-refractivity contribution is 0.667. The number of fused-ring (bicyclic) bond motifs is 1. The van der Waals surface area contributed by atoms with Crippen LogP contribution in [0.25, 0.3) is 0 Å². The Bertz CT molecular complexity index is 692. The molecule has 0 radical (unpaired) electrons. The third-order valence-corrected chi connectivity index (χ3v) is 4.76. The molecular weight excluding hydrogens is 280 g/mol. The van der Waals surface area contributed by atoms with E-state index >= 15 is 0 Å². The zero-order valence-corrected chi connectivity index (χ0v) is 13.3. The number of hydrogen-bond donors (Lipinski definition) is 0. The number of nitrogens with zero attached hydrogens (tertiary/aromatic N) is 2. The Kier molecular flexibility index (Phi) is 4.15. The topological polar surface area (TPSA) is 34.9 Å². The van der Waals surface area contributed by atoms with Crippen LogP contribution >= 0.6 is 11.8 Å². The molecule has 0 N–H and O–H groups in total. The summed E-state index contributed by atoms with van der Waals surface area (Å²) in [7, 11) is 0. The second-order valence-corrected chi connectivity index (χ2v) is 7.28. The van der Waals surface area contributed by atoms with E-state index in [1.54, 1.807) is 11.8 Å². The molecule has 0 amide bonds. The van der Waals surface area contributed by atoms with Crippen molar-refractivity contribution in [2.24, 2.45) is 0 Å². The number of benzene rings is 1. The smallest absolute Gasteiger partial charge is 0.292 e. The monoisotopic (exact) mass is 300 g/mol. The lowest BCUT2D eigenvalue weighted by Crippen LogP contribution is -2.27. The Hall–Kier alpha value is -1.55. The molecule has 0 unspecified atom stereocenters. The summed E-state index contributed by atoms with van der Waals surface area (Å²) in [6.07, 6.45) is 3.17. The van der Waals surface area contributed by atoms with Crippen LogP contribution in [0.1, 0.15) is 37.1 Å². The molecule has 3 nitrogen and oxygen atoms in total. The summed E-state index contributed by atoms with van der Waals surface area (Å²) in [6.45, 7) is 4.91. The molecule has 0 bridgehead atoms. The van der Waals surface area contributed by atoms with Crippen LogP contribution in [0.5, 0.6) is 0 Å². The summed E-state index contributed by atoms with van der Waals surface area (Å²) in [5, 5.41) is 1.40. The van der Waals surface area contributed by atoms with Crippen LogP contribution in [0, 0.1) is 0 Å². The number of rotatable bonds is 4. The molecule has 0 saturated heterocycles. The van der Waals surface area contributed by atoms with E-state index < -0.39 is 0 Å². The van der Waals surface area contributed by atoms with Gasteiger partial charge >= 0.3 is 5.69 Å². The van der Waals surface area contributed by atoms with Gasteiger partial charge in [-0.3, -0.25) is 4.57 Å². The summed E-state index contributed by atoms with van der Waals surface area (Å²) < 4.78 is 1.86. The first-order chi connectivity index (χ1) is 10.1. The summed E-state index contributed by atoms with van der Waals surface area (Å²) in [5.41, 5.74) is 3.54. The minimum Gasteiger partial charge on any atom is -0.292 e. The van der Waals surface area contributed by atoms with Crippen molar-refractivity contribution in [3.8, 4) is 0 Å². The third kappa shape index (κ3) is 3.05. The minimum atomic E-state index is -0.109. The lowest BCUT2D eigenvalue weighted by atomic mass is 10.2. The molecule has 0 fully saturated rings. The van der Waals surface area contributed by atoms with Gasteiger partial charge in [0, 0.05) is 16.5 Å². The van der Waals surface area contributed by atoms with E-state index in [-0.39, 0.29) is 5.69 Å². The van der Waals surface area contributed by atoms with Gasteiger partial charge in [-0.2, -0.15) is 4.98 Å². The molecule has 21 heavy (non-hydrogen) atoms. The SMILES string of the molecule is CC(C)Sc1nc(=O)n(Cc2ccccc2)c2c1CCC2. The van der Waals surface area contributed by atoms with Gasteiger partial charge in [0.05, 0.1) is 6.54 Å². The van der Waals surface area contributed by atoms with Crippen LogP contribution < -0.4 is 5.69 Å². The maximum absolute atomic E-state index is 12.4. The van der Waals surface area contributed by atoms with Gasteiger partial charge in [-0.15, -0.1) is 11.8 Å². The Morgan fingerprint density at radius 2 is 2.00 bits per heavy atom. The summed E-state index contributed by atoms with van der Waals surface area (Å²) in [6, 6.07) is 10.1. The van der Waals surface area contributed by atoms with Gasteiger partial charge in [0.25, 0.3) is 0 Å². The minimum absolute atomic E-state index is 0.109. The highest BCUT2D eigenvalue weighted by Gasteiger charge is 2.22. The number of aromatic nitrogens is 2. The first-order valence-corrected chi connectivity index (χ1v) is 8.36. The average Bonchev–Trinajstić information content (AvgIpc) is 2.93. The van der Waals surface area contributed by atoms with Crippen LogP contribution in [-0.4, -0.2) is 14.8 Å². The van der Waals surface area contributed by atoms with Crippen molar-refractivity contribution in [1.82, 2.24) is 9.55 Å². The second-order valence-electron chi connectivity index (χ2n) is 5.72. The first kappa shape index (κ1) is 14.4. The van der Waals surface area contributed by atoms with Crippen LogP contribution in [0.3, 0.4) is 0 Å². The van der Waals surface area contributed by atoms with Crippen LogP contribution in [0.4, 0.5) is 0 Å². The van der Waals surface area contributed by atoms with Crippen molar-refractivity contribution < 1.29 is 0 Å². The highest BCUT2D eigenvalue weighted by Crippen LogP contribution is 2.31. The Balaban J connectivity index is 2.02. The fraction of sp³-hybridized carbons (Fsp3) is 0.412.